The van der Waals surface area contributed by atoms with E-state index in [1.807, 2.05) is 13.0 Å². The normalized spacial score (nSPS) is 18.3. The van der Waals surface area contributed by atoms with Crippen molar-refractivity contribution >= 4 is 17.3 Å². The average molecular weight is 263 g/mol. The van der Waals surface area contributed by atoms with Crippen molar-refractivity contribution in [2.45, 2.75) is 6.92 Å². The maximum Gasteiger partial charge on any atom is 0.221 e. The van der Waals surface area contributed by atoms with Crippen LogP contribution >= 0.6 is 0 Å². The smallest absolute Gasteiger partial charge is 0.221 e. The summed E-state index contributed by atoms with van der Waals surface area (Å²) >= 11 is 0. The van der Waals surface area contributed by atoms with Gasteiger partial charge in [-0.3, -0.25) is 14.7 Å². The number of rotatable bonds is 4. The van der Waals surface area contributed by atoms with Crippen molar-refractivity contribution in [2.75, 3.05) is 43.4 Å². The number of nitrogens with two attached hydrogens (primary N) is 2. The molecule has 1 atom stereocenters. The topological polar surface area (TPSA) is 88.5 Å². The van der Waals surface area contributed by atoms with E-state index in [2.05, 4.69) is 14.8 Å². The molecule has 1 amide bonds. The first kappa shape index (κ1) is 13.6. The number of carbonyl (C=O) groups is 1. The van der Waals surface area contributed by atoms with Crippen molar-refractivity contribution < 1.29 is 4.79 Å². The van der Waals surface area contributed by atoms with Gasteiger partial charge >= 0.3 is 0 Å². The molecule has 4 N–H and O–H groups in total. The molecule has 6 heteroatoms. The summed E-state index contributed by atoms with van der Waals surface area (Å²) in [6.45, 7) is 6.24. The maximum atomic E-state index is 11.1. The van der Waals surface area contributed by atoms with Gasteiger partial charge < -0.3 is 16.4 Å². The highest BCUT2D eigenvalue weighted by Crippen LogP contribution is 2.22. The van der Waals surface area contributed by atoms with Gasteiger partial charge in [-0.25, -0.2) is 0 Å². The molecule has 0 radical (unpaired) electrons. The Hall–Kier alpha value is -1.82. The Balaban J connectivity index is 1.89. The SMILES string of the molecule is CC(CN1CCN(c2ccncc2N)CC1)C(N)=O. The first-order valence-corrected chi connectivity index (χ1v) is 6.54. The number of nitrogen functional groups attached to an aromatic ring is 1. The Kier molecular flexibility index (Phi) is 4.21. The van der Waals surface area contributed by atoms with Crippen LogP contribution in [0, 0.1) is 5.92 Å². The van der Waals surface area contributed by atoms with Crippen LogP contribution in [0.4, 0.5) is 11.4 Å². The van der Waals surface area contributed by atoms with E-state index < -0.39 is 0 Å². The highest BCUT2D eigenvalue weighted by molar-refractivity contribution is 5.76. The Morgan fingerprint density at radius 1 is 1.42 bits per heavy atom. The van der Waals surface area contributed by atoms with Gasteiger partial charge in [0.2, 0.25) is 5.91 Å². The van der Waals surface area contributed by atoms with Crippen molar-refractivity contribution in [2.24, 2.45) is 11.7 Å². The number of hydrogen-bond acceptors (Lipinski definition) is 5. The number of hydrogen-bond donors (Lipinski definition) is 2. The van der Waals surface area contributed by atoms with Crippen LogP contribution in [0.15, 0.2) is 18.5 Å². The molecule has 0 bridgehead atoms. The zero-order valence-electron chi connectivity index (χ0n) is 11.2. The molecular weight excluding hydrogens is 242 g/mol. The second-order valence-corrected chi connectivity index (χ2v) is 5.03. The summed E-state index contributed by atoms with van der Waals surface area (Å²) in [4.78, 5) is 19.6. The zero-order chi connectivity index (χ0) is 13.8. The largest absolute Gasteiger partial charge is 0.396 e. The molecule has 2 rings (SSSR count). The molecule has 1 fully saturated rings. The summed E-state index contributed by atoms with van der Waals surface area (Å²) in [5.74, 6) is -0.335. The van der Waals surface area contributed by atoms with E-state index in [0.29, 0.717) is 5.69 Å². The third kappa shape index (κ3) is 3.35. The van der Waals surface area contributed by atoms with Gasteiger partial charge in [0.15, 0.2) is 0 Å². The quantitative estimate of drug-likeness (QED) is 0.792. The third-order valence-corrected chi connectivity index (χ3v) is 3.56. The van der Waals surface area contributed by atoms with Gasteiger partial charge in [0.25, 0.3) is 0 Å². The van der Waals surface area contributed by atoms with Gasteiger partial charge in [-0.2, -0.15) is 0 Å². The maximum absolute atomic E-state index is 11.1. The summed E-state index contributed by atoms with van der Waals surface area (Å²) in [5, 5.41) is 0. The fourth-order valence-corrected chi connectivity index (χ4v) is 2.34. The van der Waals surface area contributed by atoms with Crippen LogP contribution in [-0.4, -0.2) is 48.5 Å². The van der Waals surface area contributed by atoms with Crippen LogP contribution in [0.25, 0.3) is 0 Å². The fourth-order valence-electron chi connectivity index (χ4n) is 2.34. The summed E-state index contributed by atoms with van der Waals surface area (Å²) in [6.07, 6.45) is 3.43. The van der Waals surface area contributed by atoms with Gasteiger partial charge in [0.05, 0.1) is 17.6 Å². The van der Waals surface area contributed by atoms with E-state index in [0.717, 1.165) is 38.4 Å². The van der Waals surface area contributed by atoms with Crippen molar-refractivity contribution in [3.8, 4) is 0 Å². The molecule has 0 aromatic carbocycles. The predicted molar refractivity (Wildman–Crippen MR) is 75.7 cm³/mol. The van der Waals surface area contributed by atoms with E-state index >= 15 is 0 Å². The van der Waals surface area contributed by atoms with Gasteiger partial charge in [0.1, 0.15) is 0 Å². The van der Waals surface area contributed by atoms with E-state index in [1.54, 1.807) is 12.4 Å². The second-order valence-electron chi connectivity index (χ2n) is 5.03. The summed E-state index contributed by atoms with van der Waals surface area (Å²) in [5.41, 5.74) is 13.0. The number of amides is 1. The first-order chi connectivity index (χ1) is 9.08. The lowest BCUT2D eigenvalue weighted by Crippen LogP contribution is -2.48. The third-order valence-electron chi connectivity index (χ3n) is 3.56. The number of anilines is 2. The predicted octanol–water partition coefficient (Wildman–Crippen LogP) is -0.0928. The molecule has 1 aliphatic rings. The summed E-state index contributed by atoms with van der Waals surface area (Å²) in [7, 11) is 0. The Labute approximate surface area is 113 Å². The minimum Gasteiger partial charge on any atom is -0.396 e. The molecule has 1 unspecified atom stereocenters. The highest BCUT2D eigenvalue weighted by atomic mass is 16.1. The van der Waals surface area contributed by atoms with E-state index in [4.69, 9.17) is 11.5 Å². The second kappa shape index (κ2) is 5.88. The molecule has 0 spiro atoms. The number of piperazine rings is 1. The molecule has 1 aliphatic heterocycles. The van der Waals surface area contributed by atoms with Crippen molar-refractivity contribution in [1.82, 2.24) is 9.88 Å². The van der Waals surface area contributed by atoms with Crippen LogP contribution in [0.2, 0.25) is 0 Å². The minimum atomic E-state index is -0.235. The number of primary amides is 1. The zero-order valence-corrected chi connectivity index (χ0v) is 11.2. The number of aromatic nitrogens is 1. The molecule has 2 heterocycles. The Morgan fingerprint density at radius 2 is 2.11 bits per heavy atom. The molecule has 0 aliphatic carbocycles. The van der Waals surface area contributed by atoms with Crippen molar-refractivity contribution in [1.29, 1.82) is 0 Å². The van der Waals surface area contributed by atoms with E-state index in [9.17, 15) is 4.79 Å². The average Bonchev–Trinajstić information content (AvgIpc) is 2.40. The molecular formula is C13H21N5O. The van der Waals surface area contributed by atoms with Crippen LogP contribution in [-0.2, 0) is 4.79 Å². The van der Waals surface area contributed by atoms with Gasteiger partial charge in [-0.1, -0.05) is 6.92 Å². The highest BCUT2D eigenvalue weighted by Gasteiger charge is 2.21. The van der Waals surface area contributed by atoms with Gasteiger partial charge in [-0.05, 0) is 6.07 Å². The van der Waals surface area contributed by atoms with Crippen LogP contribution < -0.4 is 16.4 Å². The first-order valence-electron chi connectivity index (χ1n) is 6.54. The molecule has 1 aromatic heterocycles. The van der Waals surface area contributed by atoms with E-state index in [-0.39, 0.29) is 11.8 Å². The molecule has 19 heavy (non-hydrogen) atoms. The molecule has 1 saturated heterocycles. The lowest BCUT2D eigenvalue weighted by molar-refractivity contribution is -0.121. The minimum absolute atomic E-state index is 0.0995. The molecule has 104 valence electrons. The molecule has 0 saturated carbocycles. The molecule has 1 aromatic rings. The van der Waals surface area contributed by atoms with Crippen molar-refractivity contribution in [3.05, 3.63) is 18.5 Å². The van der Waals surface area contributed by atoms with Crippen molar-refractivity contribution in [3.63, 3.8) is 0 Å². The van der Waals surface area contributed by atoms with Crippen LogP contribution in [0.5, 0.6) is 0 Å². The lowest BCUT2D eigenvalue weighted by Gasteiger charge is -2.37. The number of pyridine rings is 1. The van der Waals surface area contributed by atoms with E-state index in [1.165, 1.54) is 0 Å². The van der Waals surface area contributed by atoms with Crippen LogP contribution in [0.1, 0.15) is 6.92 Å². The standard InChI is InChI=1S/C13H21N5O/c1-10(13(15)19)9-17-4-6-18(7-5-17)12-2-3-16-8-11(12)14/h2-3,8,10H,4-7,9,14H2,1H3,(H2,15,19). The Bertz CT molecular complexity index is 442. The Morgan fingerprint density at radius 3 is 2.68 bits per heavy atom. The van der Waals surface area contributed by atoms with Gasteiger partial charge in [-0.15, -0.1) is 0 Å². The molecule has 6 nitrogen and oxygen atoms in total. The monoisotopic (exact) mass is 263 g/mol. The summed E-state index contributed by atoms with van der Waals surface area (Å²) < 4.78 is 0. The summed E-state index contributed by atoms with van der Waals surface area (Å²) in [6, 6.07) is 1.94. The number of carbonyl (C=O) groups excluding carboxylic acids is 1. The lowest BCUT2D eigenvalue weighted by atomic mass is 10.1. The van der Waals surface area contributed by atoms with Gasteiger partial charge in [0, 0.05) is 44.8 Å². The fraction of sp³-hybridized carbons (Fsp3) is 0.538. The number of nitrogens with zero attached hydrogens (tertiary/aromatic N) is 3. The van der Waals surface area contributed by atoms with Crippen LogP contribution in [0.3, 0.4) is 0 Å².